The molecule has 1 N–H and O–H groups in total. The van der Waals surface area contributed by atoms with E-state index in [1.807, 2.05) is 25.1 Å². The molecule has 0 aliphatic heterocycles. The number of nitrogens with one attached hydrogen (secondary N) is 1. The summed E-state index contributed by atoms with van der Waals surface area (Å²) in [4.78, 5) is 4.42. The van der Waals surface area contributed by atoms with Crippen molar-refractivity contribution in [2.45, 2.75) is 19.9 Å². The molecule has 2 heterocycles. The van der Waals surface area contributed by atoms with Gasteiger partial charge < -0.3 is 14.5 Å². The Hall–Kier alpha value is -1.81. The van der Waals surface area contributed by atoms with Gasteiger partial charge in [-0.2, -0.15) is 0 Å². The third-order valence-electron chi connectivity index (χ3n) is 2.87. The first-order chi connectivity index (χ1) is 8.77. The van der Waals surface area contributed by atoms with Crippen molar-refractivity contribution in [3.05, 3.63) is 47.7 Å². The van der Waals surface area contributed by atoms with Gasteiger partial charge in [0.2, 0.25) is 0 Å². The Morgan fingerprint density at radius 3 is 2.89 bits per heavy atom. The third kappa shape index (κ3) is 2.38. The summed E-state index contributed by atoms with van der Waals surface area (Å²) in [6.07, 6.45) is 3.46. The van der Waals surface area contributed by atoms with Crippen LogP contribution in [0.4, 0.5) is 0 Å². The van der Waals surface area contributed by atoms with E-state index in [2.05, 4.69) is 17.2 Å². The smallest absolute Gasteiger partial charge is 0.142 e. The third-order valence-corrected chi connectivity index (χ3v) is 2.87. The highest BCUT2D eigenvalue weighted by molar-refractivity contribution is 5.36. The van der Waals surface area contributed by atoms with Crippen molar-refractivity contribution in [1.29, 1.82) is 0 Å². The second kappa shape index (κ2) is 5.69. The summed E-state index contributed by atoms with van der Waals surface area (Å²) in [6.45, 7) is 4.91. The molecule has 0 fully saturated rings. The zero-order valence-corrected chi connectivity index (χ0v) is 10.9. The summed E-state index contributed by atoms with van der Waals surface area (Å²) >= 11 is 0. The molecule has 1 atom stereocenters. The van der Waals surface area contributed by atoms with Gasteiger partial charge in [-0.05, 0) is 37.2 Å². The SMILES string of the molecule is CCNC(c1ncccc1OC)c1occc1C. The number of hydrogen-bond acceptors (Lipinski definition) is 4. The van der Waals surface area contributed by atoms with E-state index in [-0.39, 0.29) is 6.04 Å². The molecule has 2 aromatic heterocycles. The van der Waals surface area contributed by atoms with Crippen molar-refractivity contribution in [3.63, 3.8) is 0 Å². The largest absolute Gasteiger partial charge is 0.495 e. The topological polar surface area (TPSA) is 47.3 Å². The minimum Gasteiger partial charge on any atom is -0.495 e. The fourth-order valence-electron chi connectivity index (χ4n) is 1.99. The molecule has 18 heavy (non-hydrogen) atoms. The molecule has 2 aromatic rings. The maximum atomic E-state index is 5.57. The number of aryl methyl sites for hydroxylation is 1. The van der Waals surface area contributed by atoms with Crippen LogP contribution >= 0.6 is 0 Å². The molecule has 0 aliphatic carbocycles. The zero-order valence-electron chi connectivity index (χ0n) is 10.9. The molecule has 0 aliphatic rings. The van der Waals surface area contributed by atoms with Gasteiger partial charge in [-0.1, -0.05) is 6.92 Å². The molecule has 1 unspecified atom stereocenters. The Bertz CT molecular complexity index is 508. The molecule has 0 saturated heterocycles. The van der Waals surface area contributed by atoms with Gasteiger partial charge in [0.15, 0.2) is 0 Å². The summed E-state index contributed by atoms with van der Waals surface area (Å²) in [5, 5.41) is 3.38. The van der Waals surface area contributed by atoms with Crippen molar-refractivity contribution in [2.24, 2.45) is 0 Å². The Morgan fingerprint density at radius 1 is 1.44 bits per heavy atom. The predicted octanol–water partition coefficient (Wildman–Crippen LogP) is 2.69. The van der Waals surface area contributed by atoms with Crippen molar-refractivity contribution in [2.75, 3.05) is 13.7 Å². The molecule has 4 nitrogen and oxygen atoms in total. The number of ether oxygens (including phenoxy) is 1. The van der Waals surface area contributed by atoms with Gasteiger partial charge >= 0.3 is 0 Å². The van der Waals surface area contributed by atoms with E-state index < -0.39 is 0 Å². The van der Waals surface area contributed by atoms with Crippen LogP contribution in [0.25, 0.3) is 0 Å². The van der Waals surface area contributed by atoms with Gasteiger partial charge in [0.1, 0.15) is 23.2 Å². The van der Waals surface area contributed by atoms with Gasteiger partial charge in [-0.3, -0.25) is 4.98 Å². The van der Waals surface area contributed by atoms with Crippen LogP contribution in [0, 0.1) is 6.92 Å². The van der Waals surface area contributed by atoms with E-state index in [9.17, 15) is 0 Å². The van der Waals surface area contributed by atoms with E-state index in [0.29, 0.717) is 0 Å². The number of hydrogen-bond donors (Lipinski definition) is 1. The maximum Gasteiger partial charge on any atom is 0.142 e. The predicted molar refractivity (Wildman–Crippen MR) is 69.8 cm³/mol. The fourth-order valence-corrected chi connectivity index (χ4v) is 1.99. The lowest BCUT2D eigenvalue weighted by molar-refractivity contribution is 0.388. The summed E-state index contributed by atoms with van der Waals surface area (Å²) in [6, 6.07) is 5.64. The molecule has 0 aromatic carbocycles. The molecular weight excluding hydrogens is 228 g/mol. The maximum absolute atomic E-state index is 5.57. The van der Waals surface area contributed by atoms with Gasteiger partial charge in [-0.15, -0.1) is 0 Å². The minimum atomic E-state index is -0.0823. The van der Waals surface area contributed by atoms with Crippen LogP contribution in [-0.4, -0.2) is 18.6 Å². The summed E-state index contributed by atoms with van der Waals surface area (Å²) in [7, 11) is 1.65. The number of aromatic nitrogens is 1. The number of nitrogens with zero attached hydrogens (tertiary/aromatic N) is 1. The van der Waals surface area contributed by atoms with Crippen molar-refractivity contribution >= 4 is 0 Å². The monoisotopic (exact) mass is 246 g/mol. The average Bonchev–Trinajstić information content (AvgIpc) is 2.82. The first-order valence-electron chi connectivity index (χ1n) is 6.04. The lowest BCUT2D eigenvalue weighted by atomic mass is 10.1. The Kier molecular flexibility index (Phi) is 3.99. The lowest BCUT2D eigenvalue weighted by Gasteiger charge is -2.18. The van der Waals surface area contributed by atoms with Crippen LogP contribution in [0.3, 0.4) is 0 Å². The second-order valence-electron chi connectivity index (χ2n) is 4.05. The minimum absolute atomic E-state index is 0.0823. The van der Waals surface area contributed by atoms with Gasteiger partial charge in [0.25, 0.3) is 0 Å². The first-order valence-corrected chi connectivity index (χ1v) is 6.04. The highest BCUT2D eigenvalue weighted by atomic mass is 16.5. The van der Waals surface area contributed by atoms with Crippen LogP contribution in [0.2, 0.25) is 0 Å². The molecule has 96 valence electrons. The first kappa shape index (κ1) is 12.6. The zero-order chi connectivity index (χ0) is 13.0. The van der Waals surface area contributed by atoms with E-state index in [1.54, 1.807) is 19.6 Å². The average molecular weight is 246 g/mol. The standard InChI is InChI=1S/C14H18N2O2/c1-4-15-13(14-10(2)7-9-18-14)12-11(17-3)6-5-8-16-12/h5-9,13,15H,4H2,1-3H3. The second-order valence-corrected chi connectivity index (χ2v) is 4.05. The van der Waals surface area contributed by atoms with E-state index in [1.165, 1.54) is 0 Å². The molecule has 0 saturated carbocycles. The number of furan rings is 1. The Morgan fingerprint density at radius 2 is 2.28 bits per heavy atom. The normalized spacial score (nSPS) is 12.4. The summed E-state index contributed by atoms with van der Waals surface area (Å²) < 4.78 is 10.9. The summed E-state index contributed by atoms with van der Waals surface area (Å²) in [5.41, 5.74) is 1.95. The van der Waals surface area contributed by atoms with E-state index >= 15 is 0 Å². The van der Waals surface area contributed by atoms with Crippen LogP contribution in [0.1, 0.15) is 30.0 Å². The highest BCUT2D eigenvalue weighted by Crippen LogP contribution is 2.30. The molecule has 0 bridgehead atoms. The van der Waals surface area contributed by atoms with E-state index in [0.717, 1.165) is 29.3 Å². The molecule has 0 amide bonds. The van der Waals surface area contributed by atoms with Crippen molar-refractivity contribution in [1.82, 2.24) is 10.3 Å². The van der Waals surface area contributed by atoms with Crippen LogP contribution in [0.15, 0.2) is 35.1 Å². The number of pyridine rings is 1. The fraction of sp³-hybridized carbons (Fsp3) is 0.357. The van der Waals surface area contributed by atoms with E-state index in [4.69, 9.17) is 9.15 Å². The highest BCUT2D eigenvalue weighted by Gasteiger charge is 2.22. The quantitative estimate of drug-likeness (QED) is 0.881. The molecular formula is C14H18N2O2. The molecule has 2 rings (SSSR count). The van der Waals surface area contributed by atoms with Crippen LogP contribution < -0.4 is 10.1 Å². The number of rotatable bonds is 5. The molecule has 4 heteroatoms. The van der Waals surface area contributed by atoms with Crippen LogP contribution in [-0.2, 0) is 0 Å². The van der Waals surface area contributed by atoms with Gasteiger partial charge in [0, 0.05) is 6.20 Å². The number of methoxy groups -OCH3 is 1. The van der Waals surface area contributed by atoms with Gasteiger partial charge in [-0.25, -0.2) is 0 Å². The van der Waals surface area contributed by atoms with Gasteiger partial charge in [0.05, 0.1) is 13.4 Å². The van der Waals surface area contributed by atoms with Crippen molar-refractivity contribution in [3.8, 4) is 5.75 Å². The molecule has 0 radical (unpaired) electrons. The lowest BCUT2D eigenvalue weighted by Crippen LogP contribution is -2.23. The Balaban J connectivity index is 2.45. The van der Waals surface area contributed by atoms with Crippen LogP contribution in [0.5, 0.6) is 5.75 Å². The Labute approximate surface area is 107 Å². The van der Waals surface area contributed by atoms with Crippen molar-refractivity contribution < 1.29 is 9.15 Å². The molecule has 0 spiro atoms. The summed E-state index contributed by atoms with van der Waals surface area (Å²) in [5.74, 6) is 1.65.